The van der Waals surface area contributed by atoms with E-state index in [2.05, 4.69) is 56.1 Å². The number of nitrogens with one attached hydrogen (secondary N) is 1. The van der Waals surface area contributed by atoms with Crippen LogP contribution >= 0.6 is 0 Å². The largest absolute Gasteiger partial charge is 0.493 e. The second-order valence-corrected chi connectivity index (χ2v) is 8.72. The Kier molecular flexibility index (Phi) is 9.60. The van der Waals surface area contributed by atoms with Crippen molar-refractivity contribution in [3.8, 4) is 5.75 Å². The van der Waals surface area contributed by atoms with Gasteiger partial charge in [-0.3, -0.25) is 0 Å². The Morgan fingerprint density at radius 3 is 2.59 bits per heavy atom. The molecule has 1 aliphatic rings. The SMILES string of the molecule is Cc1ccc(OCCCCOCCCN2CCCNCC2)c(C(C)(C)C)c1. The predicted molar refractivity (Wildman–Crippen MR) is 114 cm³/mol. The van der Waals surface area contributed by atoms with Gasteiger partial charge < -0.3 is 19.7 Å². The maximum absolute atomic E-state index is 6.07. The molecule has 0 aromatic heterocycles. The van der Waals surface area contributed by atoms with Gasteiger partial charge in [-0.05, 0) is 62.7 Å². The number of hydrogen-bond acceptors (Lipinski definition) is 4. The Hall–Kier alpha value is -1.10. The van der Waals surface area contributed by atoms with Gasteiger partial charge in [0.25, 0.3) is 0 Å². The quantitative estimate of drug-likeness (QED) is 0.622. The van der Waals surface area contributed by atoms with Crippen LogP contribution in [-0.4, -0.2) is 57.4 Å². The van der Waals surface area contributed by atoms with Gasteiger partial charge >= 0.3 is 0 Å². The van der Waals surface area contributed by atoms with Crippen LogP contribution in [0.2, 0.25) is 0 Å². The van der Waals surface area contributed by atoms with Crippen molar-refractivity contribution >= 4 is 0 Å². The van der Waals surface area contributed by atoms with E-state index in [0.717, 1.165) is 64.5 Å². The molecule has 1 aliphatic heterocycles. The lowest BCUT2D eigenvalue weighted by atomic mass is 9.85. The smallest absolute Gasteiger partial charge is 0.123 e. The van der Waals surface area contributed by atoms with Gasteiger partial charge in [0.05, 0.1) is 6.61 Å². The Labute approximate surface area is 166 Å². The predicted octanol–water partition coefficient (Wildman–Crippen LogP) is 4.15. The summed E-state index contributed by atoms with van der Waals surface area (Å²) < 4.78 is 11.9. The van der Waals surface area contributed by atoms with Gasteiger partial charge in [0.1, 0.15) is 5.75 Å². The van der Waals surface area contributed by atoms with Crippen LogP contribution in [-0.2, 0) is 10.2 Å². The van der Waals surface area contributed by atoms with Crippen molar-refractivity contribution in [2.24, 2.45) is 0 Å². The number of ether oxygens (including phenoxy) is 2. The highest BCUT2D eigenvalue weighted by Crippen LogP contribution is 2.32. The third-order valence-electron chi connectivity index (χ3n) is 5.08. The standard InChI is InChI=1S/C23H40N2O2/c1-20-9-10-22(21(19-20)23(2,3)4)27-18-6-5-16-26-17-8-14-25-13-7-11-24-12-15-25/h9-10,19,24H,5-8,11-18H2,1-4H3. The fraction of sp³-hybridized carbons (Fsp3) is 0.739. The van der Waals surface area contributed by atoms with Gasteiger partial charge in [-0.2, -0.15) is 0 Å². The van der Waals surface area contributed by atoms with Gasteiger partial charge in [0.15, 0.2) is 0 Å². The number of nitrogens with zero attached hydrogens (tertiary/aromatic N) is 1. The molecular formula is C23H40N2O2. The zero-order valence-corrected chi connectivity index (χ0v) is 18.0. The molecule has 1 N–H and O–H groups in total. The molecule has 0 amide bonds. The van der Waals surface area contributed by atoms with E-state index in [0.29, 0.717) is 0 Å². The number of rotatable bonds is 10. The summed E-state index contributed by atoms with van der Waals surface area (Å²) in [6.45, 7) is 17.2. The summed E-state index contributed by atoms with van der Waals surface area (Å²) in [4.78, 5) is 2.55. The Balaban J connectivity index is 1.54. The minimum atomic E-state index is 0.105. The van der Waals surface area contributed by atoms with E-state index in [1.54, 1.807) is 0 Å². The summed E-state index contributed by atoms with van der Waals surface area (Å²) >= 11 is 0. The molecule has 1 fully saturated rings. The summed E-state index contributed by atoms with van der Waals surface area (Å²) in [6, 6.07) is 6.50. The van der Waals surface area contributed by atoms with Gasteiger partial charge in [-0.25, -0.2) is 0 Å². The summed E-state index contributed by atoms with van der Waals surface area (Å²) in [5.41, 5.74) is 2.69. The van der Waals surface area contributed by atoms with Crippen molar-refractivity contribution in [2.45, 2.75) is 58.8 Å². The molecule has 0 spiro atoms. The van der Waals surface area contributed by atoms with Crippen LogP contribution in [0.1, 0.15) is 57.6 Å². The summed E-state index contributed by atoms with van der Waals surface area (Å²) in [7, 11) is 0. The molecule has 0 atom stereocenters. The number of hydrogen-bond donors (Lipinski definition) is 1. The van der Waals surface area contributed by atoms with E-state index in [1.807, 2.05) is 0 Å². The number of aryl methyl sites for hydroxylation is 1. The van der Waals surface area contributed by atoms with Crippen LogP contribution in [0.3, 0.4) is 0 Å². The fourth-order valence-electron chi connectivity index (χ4n) is 3.46. The molecule has 0 bridgehead atoms. The van der Waals surface area contributed by atoms with Crippen LogP contribution in [0.4, 0.5) is 0 Å². The van der Waals surface area contributed by atoms with Crippen molar-refractivity contribution in [2.75, 3.05) is 52.5 Å². The monoisotopic (exact) mass is 376 g/mol. The van der Waals surface area contributed by atoms with Crippen LogP contribution in [0, 0.1) is 6.92 Å². The molecule has 1 aromatic carbocycles. The minimum absolute atomic E-state index is 0.105. The topological polar surface area (TPSA) is 33.7 Å². The summed E-state index contributed by atoms with van der Waals surface area (Å²) in [6.07, 6.45) is 4.49. The van der Waals surface area contributed by atoms with Crippen LogP contribution < -0.4 is 10.1 Å². The summed E-state index contributed by atoms with van der Waals surface area (Å²) in [5.74, 6) is 1.03. The van der Waals surface area contributed by atoms with E-state index in [9.17, 15) is 0 Å². The average molecular weight is 377 g/mol. The molecule has 2 rings (SSSR count). The highest BCUT2D eigenvalue weighted by Gasteiger charge is 2.19. The molecule has 1 heterocycles. The van der Waals surface area contributed by atoms with Crippen molar-refractivity contribution < 1.29 is 9.47 Å². The molecule has 154 valence electrons. The van der Waals surface area contributed by atoms with Gasteiger partial charge in [0.2, 0.25) is 0 Å². The maximum atomic E-state index is 6.07. The molecule has 4 heteroatoms. The lowest BCUT2D eigenvalue weighted by molar-refractivity contribution is 0.115. The Morgan fingerprint density at radius 2 is 1.78 bits per heavy atom. The van der Waals surface area contributed by atoms with Gasteiger partial charge in [-0.15, -0.1) is 0 Å². The van der Waals surface area contributed by atoms with Crippen molar-refractivity contribution in [1.29, 1.82) is 0 Å². The number of unbranched alkanes of at least 4 members (excludes halogenated alkanes) is 1. The molecule has 1 saturated heterocycles. The van der Waals surface area contributed by atoms with Gasteiger partial charge in [-0.1, -0.05) is 38.5 Å². The molecule has 4 nitrogen and oxygen atoms in total. The number of benzene rings is 1. The maximum Gasteiger partial charge on any atom is 0.123 e. The first kappa shape index (κ1) is 22.2. The molecule has 0 radical (unpaired) electrons. The fourth-order valence-corrected chi connectivity index (χ4v) is 3.46. The minimum Gasteiger partial charge on any atom is -0.493 e. The highest BCUT2D eigenvalue weighted by atomic mass is 16.5. The molecule has 27 heavy (non-hydrogen) atoms. The van der Waals surface area contributed by atoms with E-state index in [1.165, 1.54) is 30.6 Å². The first-order valence-corrected chi connectivity index (χ1v) is 10.7. The Morgan fingerprint density at radius 1 is 1.00 bits per heavy atom. The van der Waals surface area contributed by atoms with Crippen LogP contribution in [0.15, 0.2) is 18.2 Å². The lowest BCUT2D eigenvalue weighted by Crippen LogP contribution is -2.29. The molecule has 0 saturated carbocycles. The molecule has 0 unspecified atom stereocenters. The third-order valence-corrected chi connectivity index (χ3v) is 5.08. The third kappa shape index (κ3) is 8.63. The van der Waals surface area contributed by atoms with Crippen molar-refractivity contribution in [1.82, 2.24) is 10.2 Å². The average Bonchev–Trinajstić information content (AvgIpc) is 2.89. The zero-order valence-electron chi connectivity index (χ0n) is 18.0. The molecule has 0 aliphatic carbocycles. The molecular weight excluding hydrogens is 336 g/mol. The van der Waals surface area contributed by atoms with E-state index >= 15 is 0 Å². The zero-order chi connectivity index (χ0) is 19.5. The first-order chi connectivity index (χ1) is 13.0. The second kappa shape index (κ2) is 11.7. The lowest BCUT2D eigenvalue weighted by Gasteiger charge is -2.23. The van der Waals surface area contributed by atoms with E-state index < -0.39 is 0 Å². The summed E-state index contributed by atoms with van der Waals surface area (Å²) in [5, 5.41) is 3.45. The van der Waals surface area contributed by atoms with E-state index in [-0.39, 0.29) is 5.41 Å². The van der Waals surface area contributed by atoms with Crippen LogP contribution in [0.25, 0.3) is 0 Å². The van der Waals surface area contributed by atoms with Crippen LogP contribution in [0.5, 0.6) is 5.75 Å². The van der Waals surface area contributed by atoms with Crippen molar-refractivity contribution in [3.63, 3.8) is 0 Å². The Bertz CT molecular complexity index is 532. The second-order valence-electron chi connectivity index (χ2n) is 8.72. The van der Waals surface area contributed by atoms with Gasteiger partial charge in [0, 0.05) is 32.8 Å². The highest BCUT2D eigenvalue weighted by molar-refractivity contribution is 5.41. The van der Waals surface area contributed by atoms with Crippen molar-refractivity contribution in [3.05, 3.63) is 29.3 Å². The first-order valence-electron chi connectivity index (χ1n) is 10.7. The normalized spacial score (nSPS) is 16.3. The molecule has 1 aromatic rings. The van der Waals surface area contributed by atoms with E-state index in [4.69, 9.17) is 9.47 Å².